The molecule has 0 N–H and O–H groups in total. The molecule has 3 rings (SSSR count). The highest BCUT2D eigenvalue weighted by atomic mass is 19.3. The number of alkyl halides is 2. The molecule has 0 amide bonds. The highest BCUT2D eigenvalue weighted by Gasteiger charge is 2.18. The van der Waals surface area contributed by atoms with Crippen molar-refractivity contribution in [3.63, 3.8) is 0 Å². The summed E-state index contributed by atoms with van der Waals surface area (Å²) in [6, 6.07) is 13.3. The monoisotopic (exact) mass is 470 g/mol. The van der Waals surface area contributed by atoms with Crippen LogP contribution in [0.2, 0.25) is 0 Å². The lowest BCUT2D eigenvalue weighted by atomic mass is 10.1. The van der Waals surface area contributed by atoms with Gasteiger partial charge in [-0.1, -0.05) is 12.1 Å². The van der Waals surface area contributed by atoms with Crippen molar-refractivity contribution < 1.29 is 32.8 Å². The first-order valence-corrected chi connectivity index (χ1v) is 10.0. The lowest BCUT2D eigenvalue weighted by Gasteiger charge is -2.11. The molecule has 0 unspecified atom stereocenters. The van der Waals surface area contributed by atoms with Gasteiger partial charge in [-0.3, -0.25) is 14.9 Å². The zero-order chi connectivity index (χ0) is 24.8. The molecule has 8 nitrogen and oxygen atoms in total. The van der Waals surface area contributed by atoms with E-state index in [4.69, 9.17) is 4.74 Å². The summed E-state index contributed by atoms with van der Waals surface area (Å²) in [5, 5.41) is 10.8. The summed E-state index contributed by atoms with van der Waals surface area (Å²) in [6.45, 7) is 0.0762. The van der Waals surface area contributed by atoms with Gasteiger partial charge >= 0.3 is 12.6 Å². The summed E-state index contributed by atoms with van der Waals surface area (Å²) in [7, 11) is 0. The summed E-state index contributed by atoms with van der Waals surface area (Å²) in [6.07, 6.45) is 2.44. The lowest BCUT2D eigenvalue weighted by Crippen LogP contribution is -2.13. The average Bonchev–Trinajstić information content (AvgIpc) is 3.10. The maximum absolute atomic E-state index is 12.6. The van der Waals surface area contributed by atoms with E-state index in [1.165, 1.54) is 36.4 Å². The molecule has 0 atom stereocenters. The zero-order valence-electron chi connectivity index (χ0n) is 18.2. The minimum Gasteiger partial charge on any atom is -0.454 e. The fraction of sp³-hybridized carbons (Fsp3) is 0.167. The van der Waals surface area contributed by atoms with Gasteiger partial charge in [-0.25, -0.2) is 4.79 Å². The van der Waals surface area contributed by atoms with Crippen LogP contribution in [0, 0.1) is 24.0 Å². The summed E-state index contributed by atoms with van der Waals surface area (Å²) < 4.78 is 35.8. The molecule has 0 spiro atoms. The van der Waals surface area contributed by atoms with Crippen LogP contribution < -0.4 is 4.74 Å². The molecule has 0 saturated carbocycles. The number of esters is 1. The average molecular weight is 470 g/mol. The molecule has 10 heteroatoms. The Labute approximate surface area is 193 Å². The minimum absolute atomic E-state index is 0.0163. The Kier molecular flexibility index (Phi) is 7.52. The lowest BCUT2D eigenvalue weighted by molar-refractivity contribution is -0.384. The van der Waals surface area contributed by atoms with E-state index in [2.05, 4.69) is 4.74 Å². The molecule has 0 bridgehead atoms. The summed E-state index contributed by atoms with van der Waals surface area (Å²) in [5.74, 6) is -1.18. The molecule has 0 radical (unpaired) electrons. The number of hydrogen-bond acceptors (Lipinski definition) is 6. The van der Waals surface area contributed by atoms with Gasteiger partial charge in [0.15, 0.2) is 6.61 Å². The summed E-state index contributed by atoms with van der Waals surface area (Å²) >= 11 is 0. The van der Waals surface area contributed by atoms with Crippen molar-refractivity contribution in [3.8, 4) is 11.4 Å². The number of nitro benzene ring substituents is 1. The van der Waals surface area contributed by atoms with Crippen molar-refractivity contribution in [1.29, 1.82) is 0 Å². The summed E-state index contributed by atoms with van der Waals surface area (Å²) in [5.41, 5.74) is 2.63. The predicted octanol–water partition coefficient (Wildman–Crippen LogP) is 5.04. The van der Waals surface area contributed by atoms with Crippen LogP contribution in [0.5, 0.6) is 5.75 Å². The van der Waals surface area contributed by atoms with Crippen LogP contribution in [0.4, 0.5) is 14.5 Å². The molecule has 2 aromatic carbocycles. The number of rotatable bonds is 9. The van der Waals surface area contributed by atoms with E-state index in [0.29, 0.717) is 22.5 Å². The molecule has 0 saturated heterocycles. The maximum Gasteiger partial charge on any atom is 0.387 e. The minimum atomic E-state index is -2.92. The Hall–Kier alpha value is -4.34. The number of hydrogen-bond donors (Lipinski definition) is 0. The number of non-ortho nitro benzene ring substituents is 1. The number of halogens is 2. The Morgan fingerprint density at radius 1 is 1.12 bits per heavy atom. The number of nitro groups is 1. The van der Waals surface area contributed by atoms with Crippen LogP contribution in [0.1, 0.15) is 27.3 Å². The van der Waals surface area contributed by atoms with Gasteiger partial charge in [0.25, 0.3) is 5.69 Å². The first-order chi connectivity index (χ1) is 16.2. The molecule has 3 aromatic rings. The van der Waals surface area contributed by atoms with E-state index in [1.54, 1.807) is 42.7 Å². The molecule has 0 aliphatic heterocycles. The van der Waals surface area contributed by atoms with Crippen molar-refractivity contribution >= 4 is 23.5 Å². The van der Waals surface area contributed by atoms with Crippen LogP contribution in [0.25, 0.3) is 11.8 Å². The third-order valence-corrected chi connectivity index (χ3v) is 4.89. The van der Waals surface area contributed by atoms with Gasteiger partial charge < -0.3 is 14.0 Å². The summed E-state index contributed by atoms with van der Waals surface area (Å²) in [4.78, 5) is 34.9. The zero-order valence-corrected chi connectivity index (χ0v) is 18.2. The van der Waals surface area contributed by atoms with Gasteiger partial charge in [-0.05, 0) is 55.8 Å². The third-order valence-electron chi connectivity index (χ3n) is 4.89. The number of ketones is 1. The standard InChI is InChI=1S/C24H20F2N2O6/c1-15-12-21(16(2)27(15)18-7-9-20(10-8-18)34-24(25)26)22(29)14-33-23(30)11-6-17-4-3-5-19(13-17)28(31)32/h3-13,24H,14H2,1-2H3. The van der Waals surface area contributed by atoms with Gasteiger partial charge in [-0.2, -0.15) is 8.78 Å². The van der Waals surface area contributed by atoms with Crippen molar-refractivity contribution in [2.24, 2.45) is 0 Å². The van der Waals surface area contributed by atoms with Crippen LogP contribution in [-0.2, 0) is 9.53 Å². The fourth-order valence-corrected chi connectivity index (χ4v) is 3.39. The van der Waals surface area contributed by atoms with E-state index >= 15 is 0 Å². The number of nitrogens with zero attached hydrogens (tertiary/aromatic N) is 2. The number of ether oxygens (including phenoxy) is 2. The molecule has 1 heterocycles. The van der Waals surface area contributed by atoms with Crippen LogP contribution in [-0.4, -0.2) is 34.5 Å². The number of Topliss-reactive ketones (excluding diaryl/α,β-unsaturated/α-hetero) is 1. The van der Waals surface area contributed by atoms with E-state index in [-0.39, 0.29) is 11.4 Å². The van der Waals surface area contributed by atoms with Crippen molar-refractivity contribution in [2.45, 2.75) is 20.5 Å². The first-order valence-electron chi connectivity index (χ1n) is 10.0. The van der Waals surface area contributed by atoms with Crippen molar-refractivity contribution in [1.82, 2.24) is 4.57 Å². The maximum atomic E-state index is 12.6. The molecular formula is C24H20F2N2O6. The smallest absolute Gasteiger partial charge is 0.387 e. The number of carbonyl (C=O) groups is 2. The highest BCUT2D eigenvalue weighted by Crippen LogP contribution is 2.24. The molecule has 0 fully saturated rings. The molecule has 34 heavy (non-hydrogen) atoms. The van der Waals surface area contributed by atoms with Gasteiger partial charge in [0.2, 0.25) is 5.78 Å². The molecule has 1 aromatic heterocycles. The normalized spacial score (nSPS) is 11.1. The first kappa shape index (κ1) is 24.3. The van der Waals surface area contributed by atoms with E-state index in [9.17, 15) is 28.5 Å². The van der Waals surface area contributed by atoms with E-state index in [1.807, 2.05) is 0 Å². The molecule has 176 valence electrons. The number of benzene rings is 2. The number of carbonyl (C=O) groups excluding carboxylic acids is 2. The Morgan fingerprint density at radius 3 is 2.47 bits per heavy atom. The van der Waals surface area contributed by atoms with Gasteiger partial charge in [0, 0.05) is 40.8 Å². The second-order valence-corrected chi connectivity index (χ2v) is 7.21. The molecule has 0 aliphatic rings. The Bertz CT molecular complexity index is 1250. The van der Waals surface area contributed by atoms with Crippen LogP contribution >= 0.6 is 0 Å². The van der Waals surface area contributed by atoms with E-state index < -0.39 is 29.9 Å². The van der Waals surface area contributed by atoms with Gasteiger partial charge in [0.1, 0.15) is 5.75 Å². The third kappa shape index (κ3) is 5.91. The number of aryl methyl sites for hydroxylation is 1. The second kappa shape index (κ2) is 10.5. The van der Waals surface area contributed by atoms with Gasteiger partial charge in [0.05, 0.1) is 4.92 Å². The fourth-order valence-electron chi connectivity index (χ4n) is 3.39. The predicted molar refractivity (Wildman–Crippen MR) is 119 cm³/mol. The Morgan fingerprint density at radius 2 is 1.82 bits per heavy atom. The second-order valence-electron chi connectivity index (χ2n) is 7.21. The topological polar surface area (TPSA) is 101 Å². The highest BCUT2D eigenvalue weighted by molar-refractivity contribution is 6.00. The number of aromatic nitrogens is 1. The van der Waals surface area contributed by atoms with E-state index in [0.717, 1.165) is 11.8 Å². The van der Waals surface area contributed by atoms with Crippen molar-refractivity contribution in [2.75, 3.05) is 6.61 Å². The van der Waals surface area contributed by atoms with Crippen LogP contribution in [0.3, 0.4) is 0 Å². The largest absolute Gasteiger partial charge is 0.454 e. The van der Waals surface area contributed by atoms with Crippen molar-refractivity contribution in [3.05, 3.63) is 93.3 Å². The molecular weight excluding hydrogens is 450 g/mol. The quantitative estimate of drug-likeness (QED) is 0.143. The Balaban J connectivity index is 1.66. The van der Waals surface area contributed by atoms with Gasteiger partial charge in [-0.15, -0.1) is 0 Å². The molecule has 0 aliphatic carbocycles. The van der Waals surface area contributed by atoms with Crippen LogP contribution in [0.15, 0.2) is 60.7 Å². The SMILES string of the molecule is Cc1cc(C(=O)COC(=O)C=Cc2cccc([N+](=O)[O-])c2)c(C)n1-c1ccc(OC(F)F)cc1.